The van der Waals surface area contributed by atoms with Crippen LogP contribution in [0.4, 0.5) is 5.69 Å². The minimum atomic E-state index is -0.199. The zero-order valence-electron chi connectivity index (χ0n) is 9.54. The molecule has 0 saturated heterocycles. The van der Waals surface area contributed by atoms with Crippen molar-refractivity contribution in [3.63, 3.8) is 0 Å². The molecule has 2 nitrogen and oxygen atoms in total. The number of aliphatic hydroxyl groups excluding tert-OH is 1. The average Bonchev–Trinajstić information content (AvgIpc) is 2.21. The van der Waals surface area contributed by atoms with Crippen molar-refractivity contribution in [3.8, 4) is 0 Å². The summed E-state index contributed by atoms with van der Waals surface area (Å²) in [7, 11) is 0. The number of nitrogen functional groups attached to an aromatic ring is 1. The first kappa shape index (κ1) is 13.0. The Morgan fingerprint density at radius 1 is 1.29 bits per heavy atom. The van der Waals surface area contributed by atoms with Crippen LogP contribution in [0.5, 0.6) is 0 Å². The van der Waals surface area contributed by atoms with Crippen LogP contribution in [0.1, 0.15) is 33.3 Å². The Kier molecular flexibility index (Phi) is 5.24. The van der Waals surface area contributed by atoms with Gasteiger partial charge in [-0.15, -0.1) is 0 Å². The summed E-state index contributed by atoms with van der Waals surface area (Å²) in [6, 6.07) is 7.63. The molecule has 0 aromatic heterocycles. The van der Waals surface area contributed by atoms with Crippen molar-refractivity contribution in [2.24, 2.45) is 0 Å². The van der Waals surface area contributed by atoms with E-state index >= 15 is 0 Å². The number of hydrogen-bond donors (Lipinski definition) is 2. The molecule has 0 atom stereocenters. The van der Waals surface area contributed by atoms with E-state index < -0.39 is 0 Å². The Balaban J connectivity index is 0.000000791. The third-order valence-electron chi connectivity index (χ3n) is 2.06. The predicted molar refractivity (Wildman–Crippen MR) is 62.3 cm³/mol. The largest absolute Gasteiger partial charge is 0.399 e. The van der Waals surface area contributed by atoms with E-state index in [0.717, 1.165) is 11.3 Å². The van der Waals surface area contributed by atoms with Crippen LogP contribution in [0.15, 0.2) is 24.3 Å². The lowest BCUT2D eigenvalue weighted by Gasteiger charge is -2.22. The maximum atomic E-state index is 9.10. The number of aliphatic hydroxyl groups is 1. The standard InChI is InChI=1S/C10H15NO.C2H6/c1-10(2,7-12)8-4-3-5-9(11)6-8;1-2/h3-6,12H,7,11H2,1-2H3;1-2H3. The molecule has 0 amide bonds. The van der Waals surface area contributed by atoms with Gasteiger partial charge in [0.05, 0.1) is 6.61 Å². The lowest BCUT2D eigenvalue weighted by Crippen LogP contribution is -2.21. The Bertz CT molecular complexity index is 269. The second-order valence-electron chi connectivity index (χ2n) is 3.67. The number of benzene rings is 1. The zero-order chi connectivity index (χ0) is 11.2. The van der Waals surface area contributed by atoms with E-state index in [-0.39, 0.29) is 12.0 Å². The predicted octanol–water partition coefficient (Wildman–Crippen LogP) is 2.56. The van der Waals surface area contributed by atoms with Gasteiger partial charge in [0.15, 0.2) is 0 Å². The highest BCUT2D eigenvalue weighted by atomic mass is 16.3. The van der Waals surface area contributed by atoms with Gasteiger partial charge < -0.3 is 10.8 Å². The van der Waals surface area contributed by atoms with Crippen molar-refractivity contribution < 1.29 is 5.11 Å². The van der Waals surface area contributed by atoms with Crippen LogP contribution in [0.2, 0.25) is 0 Å². The SMILES string of the molecule is CC.CC(C)(CO)c1cccc(N)c1. The first-order chi connectivity index (χ1) is 6.56. The van der Waals surface area contributed by atoms with Crippen molar-refractivity contribution in [1.82, 2.24) is 0 Å². The van der Waals surface area contributed by atoms with Gasteiger partial charge in [-0.25, -0.2) is 0 Å². The second kappa shape index (κ2) is 5.66. The van der Waals surface area contributed by atoms with Gasteiger partial charge in [-0.05, 0) is 17.7 Å². The maximum Gasteiger partial charge on any atom is 0.0522 e. The summed E-state index contributed by atoms with van der Waals surface area (Å²) in [4.78, 5) is 0. The van der Waals surface area contributed by atoms with Crippen molar-refractivity contribution in [2.45, 2.75) is 33.1 Å². The highest BCUT2D eigenvalue weighted by Gasteiger charge is 2.18. The van der Waals surface area contributed by atoms with Crippen LogP contribution in [-0.2, 0) is 5.41 Å². The summed E-state index contributed by atoms with van der Waals surface area (Å²) in [5.41, 5.74) is 7.25. The van der Waals surface area contributed by atoms with Gasteiger partial charge >= 0.3 is 0 Å². The Hall–Kier alpha value is -1.02. The van der Waals surface area contributed by atoms with Gasteiger partial charge in [0, 0.05) is 11.1 Å². The van der Waals surface area contributed by atoms with Crippen molar-refractivity contribution in [1.29, 1.82) is 0 Å². The molecule has 3 N–H and O–H groups in total. The zero-order valence-corrected chi connectivity index (χ0v) is 9.54. The smallest absolute Gasteiger partial charge is 0.0522 e. The summed E-state index contributed by atoms with van der Waals surface area (Å²) in [6.45, 7) is 8.11. The van der Waals surface area contributed by atoms with E-state index in [4.69, 9.17) is 10.8 Å². The van der Waals surface area contributed by atoms with Gasteiger partial charge in [0.25, 0.3) is 0 Å². The third-order valence-corrected chi connectivity index (χ3v) is 2.06. The van der Waals surface area contributed by atoms with E-state index in [1.54, 1.807) is 0 Å². The van der Waals surface area contributed by atoms with Gasteiger partial charge in [-0.2, -0.15) is 0 Å². The molecular weight excluding hydrogens is 174 g/mol. The Labute approximate surface area is 86.8 Å². The molecule has 0 saturated carbocycles. The van der Waals surface area contributed by atoms with E-state index in [1.807, 2.05) is 52.0 Å². The van der Waals surface area contributed by atoms with E-state index in [9.17, 15) is 0 Å². The molecule has 0 spiro atoms. The molecule has 1 rings (SSSR count). The van der Waals surface area contributed by atoms with Crippen LogP contribution in [0, 0.1) is 0 Å². The van der Waals surface area contributed by atoms with E-state index in [1.165, 1.54) is 0 Å². The molecular formula is C12H21NO. The molecule has 1 aromatic rings. The first-order valence-corrected chi connectivity index (χ1v) is 5.03. The van der Waals surface area contributed by atoms with Crippen LogP contribution < -0.4 is 5.73 Å². The van der Waals surface area contributed by atoms with Crippen molar-refractivity contribution in [3.05, 3.63) is 29.8 Å². The maximum absolute atomic E-state index is 9.10. The van der Waals surface area contributed by atoms with E-state index in [2.05, 4.69) is 0 Å². The summed E-state index contributed by atoms with van der Waals surface area (Å²) < 4.78 is 0. The molecule has 80 valence electrons. The Morgan fingerprint density at radius 3 is 2.29 bits per heavy atom. The molecule has 0 heterocycles. The summed E-state index contributed by atoms with van der Waals surface area (Å²) in [5.74, 6) is 0. The van der Waals surface area contributed by atoms with Gasteiger partial charge in [-0.1, -0.05) is 39.8 Å². The molecule has 0 bridgehead atoms. The molecule has 14 heavy (non-hydrogen) atoms. The van der Waals surface area contributed by atoms with Crippen LogP contribution in [-0.4, -0.2) is 11.7 Å². The molecule has 0 fully saturated rings. The van der Waals surface area contributed by atoms with Gasteiger partial charge in [-0.3, -0.25) is 0 Å². The number of rotatable bonds is 2. The normalized spacial score (nSPS) is 10.4. The van der Waals surface area contributed by atoms with Crippen LogP contribution >= 0.6 is 0 Å². The number of nitrogens with two attached hydrogens (primary N) is 1. The van der Waals surface area contributed by atoms with Crippen molar-refractivity contribution >= 4 is 5.69 Å². The number of hydrogen-bond acceptors (Lipinski definition) is 2. The first-order valence-electron chi connectivity index (χ1n) is 5.03. The van der Waals surface area contributed by atoms with Crippen LogP contribution in [0.25, 0.3) is 0 Å². The molecule has 2 heteroatoms. The molecule has 0 aliphatic carbocycles. The monoisotopic (exact) mass is 195 g/mol. The second-order valence-corrected chi connectivity index (χ2v) is 3.67. The van der Waals surface area contributed by atoms with Crippen molar-refractivity contribution in [2.75, 3.05) is 12.3 Å². The lowest BCUT2D eigenvalue weighted by atomic mass is 9.85. The average molecular weight is 195 g/mol. The fourth-order valence-corrected chi connectivity index (χ4v) is 1.05. The molecule has 0 aliphatic heterocycles. The summed E-state index contributed by atoms with van der Waals surface area (Å²) in [5, 5.41) is 9.10. The molecule has 0 unspecified atom stereocenters. The highest BCUT2D eigenvalue weighted by Crippen LogP contribution is 2.23. The minimum absolute atomic E-state index is 0.135. The van der Waals surface area contributed by atoms with Crippen LogP contribution in [0.3, 0.4) is 0 Å². The van der Waals surface area contributed by atoms with Gasteiger partial charge in [0.2, 0.25) is 0 Å². The topological polar surface area (TPSA) is 46.2 Å². The fraction of sp³-hybridized carbons (Fsp3) is 0.500. The van der Waals surface area contributed by atoms with E-state index in [0.29, 0.717) is 0 Å². The highest BCUT2D eigenvalue weighted by molar-refractivity contribution is 5.43. The molecule has 0 radical (unpaired) electrons. The minimum Gasteiger partial charge on any atom is -0.399 e. The molecule has 1 aromatic carbocycles. The number of anilines is 1. The molecule has 0 aliphatic rings. The van der Waals surface area contributed by atoms with Gasteiger partial charge in [0.1, 0.15) is 0 Å². The summed E-state index contributed by atoms with van der Waals surface area (Å²) >= 11 is 0. The Morgan fingerprint density at radius 2 is 1.86 bits per heavy atom. The lowest BCUT2D eigenvalue weighted by molar-refractivity contribution is 0.218. The quantitative estimate of drug-likeness (QED) is 0.712. The summed E-state index contributed by atoms with van der Waals surface area (Å²) in [6.07, 6.45) is 0. The third kappa shape index (κ3) is 3.38. The fourth-order valence-electron chi connectivity index (χ4n) is 1.05.